The Morgan fingerprint density at radius 3 is 2.23 bits per heavy atom. The molecule has 0 aromatic heterocycles. The maximum Gasteiger partial charge on any atom is 0.224 e. The van der Waals surface area contributed by atoms with Crippen molar-refractivity contribution in [2.45, 2.75) is 76.0 Å². The first-order valence-corrected chi connectivity index (χ1v) is 16.9. The van der Waals surface area contributed by atoms with Gasteiger partial charge in [0.15, 0.2) is 12.1 Å². The van der Waals surface area contributed by atoms with Crippen LogP contribution >= 0.6 is 0 Å². The average Bonchev–Trinajstić information content (AvgIpc) is 3.57. The number of aliphatic hydroxyl groups excluding tert-OH is 1. The third-order valence-corrected chi connectivity index (χ3v) is 9.29. The average molecular weight is 659 g/mol. The fourth-order valence-electron chi connectivity index (χ4n) is 6.50. The van der Waals surface area contributed by atoms with E-state index in [1.54, 1.807) is 24.3 Å². The Hall–Kier alpha value is -3.84. The van der Waals surface area contributed by atoms with Crippen LogP contribution in [0.4, 0.5) is 11.4 Å². The predicted octanol–water partition coefficient (Wildman–Crippen LogP) is 4.57. The lowest BCUT2D eigenvalue weighted by molar-refractivity contribution is -0.255. The van der Waals surface area contributed by atoms with Gasteiger partial charge in [-0.3, -0.25) is 9.59 Å². The van der Waals surface area contributed by atoms with Crippen LogP contribution in [-0.2, 0) is 41.7 Å². The number of amides is 2. The topological polar surface area (TPSA) is 145 Å². The number of piperidine rings is 1. The molecule has 6 rings (SSSR count). The third-order valence-electron chi connectivity index (χ3n) is 9.29. The van der Waals surface area contributed by atoms with Gasteiger partial charge in [0, 0.05) is 63.8 Å². The van der Waals surface area contributed by atoms with Crippen LogP contribution < -0.4 is 16.4 Å². The molecule has 3 aliphatic rings. The molecule has 3 heterocycles. The van der Waals surface area contributed by atoms with Crippen LogP contribution in [0.2, 0.25) is 0 Å². The molecule has 1 spiro atoms. The van der Waals surface area contributed by atoms with Crippen LogP contribution in [0.5, 0.6) is 0 Å². The monoisotopic (exact) mass is 658 g/mol. The van der Waals surface area contributed by atoms with Crippen LogP contribution in [0, 0.1) is 0 Å². The lowest BCUT2D eigenvalue weighted by Gasteiger charge is -2.41. The van der Waals surface area contributed by atoms with Gasteiger partial charge >= 0.3 is 0 Å². The third kappa shape index (κ3) is 8.98. The van der Waals surface area contributed by atoms with Crippen LogP contribution in [0.3, 0.4) is 0 Å². The van der Waals surface area contributed by atoms with Crippen molar-refractivity contribution in [2.75, 3.05) is 43.9 Å². The Balaban J connectivity index is 1.01. The molecule has 0 radical (unpaired) electrons. The zero-order chi connectivity index (χ0) is 33.3. The first-order valence-electron chi connectivity index (χ1n) is 16.9. The molecular weight excluding hydrogens is 612 g/mol. The van der Waals surface area contributed by atoms with Crippen molar-refractivity contribution in [3.63, 3.8) is 0 Å². The summed E-state index contributed by atoms with van der Waals surface area (Å²) in [5.41, 5.74) is 10.7. The largest absolute Gasteiger partial charge is 0.397 e. The Morgan fingerprint density at radius 2 is 1.52 bits per heavy atom. The van der Waals surface area contributed by atoms with Crippen molar-refractivity contribution >= 4 is 23.2 Å². The number of hydrogen-bond acceptors (Lipinski definition) is 9. The maximum absolute atomic E-state index is 12.5. The standard InChI is InChI=1S/C37H46N4O7/c38-31-4-1-2-5-32(31)40-35(44)7-3-6-34(43)39-23-26-8-14-29(15-9-26)36-47-30(22-33(48-36)28-12-10-27(25-42)11-13-28)24-41-18-16-37(17-19-41)45-20-21-46-37/h1-2,4-5,8-15,30,33,36,42H,3,6-7,16-25,38H2,(H,39,43)(H,40,44)/t30-,33+,36+/m1/s1. The van der Waals surface area contributed by atoms with Gasteiger partial charge in [-0.25, -0.2) is 0 Å². The van der Waals surface area contributed by atoms with Gasteiger partial charge in [-0.2, -0.15) is 0 Å². The number of carbonyl (C=O) groups is 2. The molecule has 3 atom stereocenters. The van der Waals surface area contributed by atoms with Gasteiger partial charge in [0.05, 0.1) is 43.4 Å². The second kappa shape index (κ2) is 16.0. The smallest absolute Gasteiger partial charge is 0.224 e. The minimum absolute atomic E-state index is 0.00130. The molecule has 0 unspecified atom stereocenters. The van der Waals surface area contributed by atoms with E-state index in [1.807, 2.05) is 48.5 Å². The minimum Gasteiger partial charge on any atom is -0.397 e. The van der Waals surface area contributed by atoms with E-state index in [2.05, 4.69) is 15.5 Å². The van der Waals surface area contributed by atoms with Crippen molar-refractivity contribution in [3.05, 3.63) is 95.1 Å². The molecule has 2 amide bonds. The van der Waals surface area contributed by atoms with Crippen molar-refractivity contribution in [3.8, 4) is 0 Å². The van der Waals surface area contributed by atoms with E-state index in [9.17, 15) is 14.7 Å². The summed E-state index contributed by atoms with van der Waals surface area (Å²) in [5, 5.41) is 15.2. The summed E-state index contributed by atoms with van der Waals surface area (Å²) in [6, 6.07) is 22.9. The van der Waals surface area contributed by atoms with E-state index in [0.717, 1.165) is 61.2 Å². The quantitative estimate of drug-likeness (QED) is 0.206. The molecule has 48 heavy (non-hydrogen) atoms. The summed E-state index contributed by atoms with van der Waals surface area (Å²) in [7, 11) is 0. The number of nitrogens with two attached hydrogens (primary N) is 1. The molecule has 3 saturated heterocycles. The number of hydrogen-bond donors (Lipinski definition) is 4. The fourth-order valence-corrected chi connectivity index (χ4v) is 6.50. The van der Waals surface area contributed by atoms with Crippen LogP contribution in [0.25, 0.3) is 0 Å². The van der Waals surface area contributed by atoms with Gasteiger partial charge in [0.1, 0.15) is 0 Å². The molecule has 3 aliphatic heterocycles. The van der Waals surface area contributed by atoms with Gasteiger partial charge in [-0.1, -0.05) is 60.7 Å². The highest BCUT2D eigenvalue weighted by atomic mass is 16.7. The van der Waals surface area contributed by atoms with E-state index in [4.69, 9.17) is 24.7 Å². The van der Waals surface area contributed by atoms with E-state index in [-0.39, 0.29) is 43.5 Å². The van der Waals surface area contributed by atoms with Gasteiger partial charge in [0.25, 0.3) is 0 Å². The van der Waals surface area contributed by atoms with Crippen LogP contribution in [0.1, 0.15) is 73.2 Å². The molecule has 0 bridgehead atoms. The normalized spacial score (nSPS) is 22.4. The first-order chi connectivity index (χ1) is 23.4. The first kappa shape index (κ1) is 34.0. The predicted molar refractivity (Wildman–Crippen MR) is 180 cm³/mol. The maximum atomic E-state index is 12.5. The summed E-state index contributed by atoms with van der Waals surface area (Å²) < 4.78 is 24.9. The fraction of sp³-hybridized carbons (Fsp3) is 0.459. The molecule has 3 aromatic carbocycles. The number of anilines is 2. The molecular formula is C37H46N4O7. The Morgan fingerprint density at radius 1 is 0.854 bits per heavy atom. The Labute approximate surface area is 281 Å². The summed E-state index contributed by atoms with van der Waals surface area (Å²) in [6.45, 7) is 4.27. The van der Waals surface area contributed by atoms with E-state index >= 15 is 0 Å². The van der Waals surface area contributed by atoms with E-state index in [1.165, 1.54) is 0 Å². The highest BCUT2D eigenvalue weighted by Gasteiger charge is 2.41. The summed E-state index contributed by atoms with van der Waals surface area (Å²) in [5.74, 6) is -0.701. The molecule has 0 aliphatic carbocycles. The van der Waals surface area contributed by atoms with Crippen molar-refractivity contribution in [2.24, 2.45) is 0 Å². The van der Waals surface area contributed by atoms with Gasteiger partial charge < -0.3 is 45.3 Å². The van der Waals surface area contributed by atoms with Crippen LogP contribution in [-0.4, -0.2) is 66.6 Å². The summed E-state index contributed by atoms with van der Waals surface area (Å²) >= 11 is 0. The number of likely N-dealkylation sites (tertiary alicyclic amines) is 1. The zero-order valence-electron chi connectivity index (χ0n) is 27.3. The summed E-state index contributed by atoms with van der Waals surface area (Å²) in [4.78, 5) is 27.1. The Bertz CT molecular complexity index is 1500. The van der Waals surface area contributed by atoms with Gasteiger partial charge in [-0.15, -0.1) is 0 Å². The summed E-state index contributed by atoms with van der Waals surface area (Å²) in [6.07, 6.45) is 2.57. The molecule has 0 saturated carbocycles. The molecule has 11 nitrogen and oxygen atoms in total. The number of rotatable bonds is 12. The lowest BCUT2D eigenvalue weighted by Crippen LogP contribution is -2.48. The molecule has 5 N–H and O–H groups in total. The highest BCUT2D eigenvalue weighted by molar-refractivity contribution is 5.93. The zero-order valence-corrected chi connectivity index (χ0v) is 27.3. The second-order valence-corrected chi connectivity index (χ2v) is 12.8. The molecule has 256 valence electrons. The van der Waals surface area contributed by atoms with E-state index in [0.29, 0.717) is 37.6 Å². The number of nitrogen functional groups attached to an aromatic ring is 1. The lowest BCUT2D eigenvalue weighted by atomic mass is 9.98. The van der Waals surface area contributed by atoms with E-state index < -0.39 is 12.1 Å². The number of ether oxygens (including phenoxy) is 4. The Kier molecular flexibility index (Phi) is 11.4. The van der Waals surface area contributed by atoms with Crippen molar-refractivity contribution < 1.29 is 33.6 Å². The molecule has 11 heteroatoms. The SMILES string of the molecule is Nc1ccccc1NC(=O)CCCC(=O)NCc1ccc([C@H]2O[C@@H](CN3CCC4(CC3)OCCO4)C[C@@H](c3ccc(CO)cc3)O2)cc1. The minimum atomic E-state index is -0.551. The van der Waals surface area contributed by atoms with Gasteiger partial charge in [-0.05, 0) is 35.2 Å². The number of para-hydroxylation sites is 2. The number of carbonyl (C=O) groups excluding carboxylic acids is 2. The van der Waals surface area contributed by atoms with Crippen LogP contribution in [0.15, 0.2) is 72.8 Å². The van der Waals surface area contributed by atoms with Crippen molar-refractivity contribution in [1.29, 1.82) is 0 Å². The van der Waals surface area contributed by atoms with Gasteiger partial charge in [0.2, 0.25) is 11.8 Å². The van der Waals surface area contributed by atoms with Crippen molar-refractivity contribution in [1.82, 2.24) is 10.2 Å². The molecule has 3 fully saturated rings. The highest BCUT2D eigenvalue weighted by Crippen LogP contribution is 2.39. The number of nitrogens with zero attached hydrogens (tertiary/aromatic N) is 1. The number of aliphatic hydroxyl groups is 1. The number of benzene rings is 3. The number of nitrogens with one attached hydrogen (secondary N) is 2. The second-order valence-electron chi connectivity index (χ2n) is 12.8. The molecule has 3 aromatic rings.